The Morgan fingerprint density at radius 3 is 2.48 bits per heavy atom. The average Bonchev–Trinajstić information content (AvgIpc) is 2.54. The van der Waals surface area contributed by atoms with E-state index >= 15 is 0 Å². The highest BCUT2D eigenvalue weighted by atomic mass is 32.2. The molecule has 0 aromatic heterocycles. The third-order valence-corrected chi connectivity index (χ3v) is 5.94. The molecular weight excluding hydrogens is 286 g/mol. The van der Waals surface area contributed by atoms with Gasteiger partial charge in [-0.25, -0.2) is 8.42 Å². The number of sulfonamides is 1. The van der Waals surface area contributed by atoms with Crippen molar-refractivity contribution in [2.24, 2.45) is 0 Å². The predicted octanol–water partition coefficient (Wildman–Crippen LogP) is 1.71. The maximum absolute atomic E-state index is 12.8. The lowest BCUT2D eigenvalue weighted by Crippen LogP contribution is -2.57. The molecule has 2 unspecified atom stereocenters. The summed E-state index contributed by atoms with van der Waals surface area (Å²) >= 11 is 0. The number of hydrogen-bond acceptors (Lipinski definition) is 4. The minimum absolute atomic E-state index is 0.0200. The fraction of sp³-hybridized carbons (Fsp3) is 0.533. The van der Waals surface area contributed by atoms with E-state index in [1.165, 1.54) is 12.1 Å². The summed E-state index contributed by atoms with van der Waals surface area (Å²) in [5, 5.41) is 12.2. The van der Waals surface area contributed by atoms with Crippen LogP contribution < -0.4 is 5.32 Å². The number of nitriles is 1. The molecule has 0 aliphatic carbocycles. The van der Waals surface area contributed by atoms with Crippen molar-refractivity contribution in [2.45, 2.75) is 43.7 Å². The monoisotopic (exact) mass is 307 g/mol. The number of nitrogens with zero attached hydrogens (tertiary/aromatic N) is 2. The van der Waals surface area contributed by atoms with E-state index in [-0.39, 0.29) is 17.0 Å². The Morgan fingerprint density at radius 2 is 1.95 bits per heavy atom. The van der Waals surface area contributed by atoms with E-state index in [1.54, 1.807) is 16.4 Å². The lowest BCUT2D eigenvalue weighted by atomic mass is 10.1. The summed E-state index contributed by atoms with van der Waals surface area (Å²) in [5.41, 5.74) is 0.465. The van der Waals surface area contributed by atoms with Crippen molar-refractivity contribution in [1.82, 2.24) is 9.62 Å². The average molecular weight is 307 g/mol. The van der Waals surface area contributed by atoms with Gasteiger partial charge in [0, 0.05) is 25.2 Å². The number of hydrogen-bond donors (Lipinski definition) is 1. The molecule has 2 atom stereocenters. The maximum atomic E-state index is 12.8. The van der Waals surface area contributed by atoms with Gasteiger partial charge in [0.05, 0.1) is 16.5 Å². The van der Waals surface area contributed by atoms with Crippen LogP contribution in [0.15, 0.2) is 29.2 Å². The minimum atomic E-state index is -3.51. The van der Waals surface area contributed by atoms with Crippen molar-refractivity contribution >= 4 is 10.0 Å². The molecule has 0 amide bonds. The molecule has 0 radical (unpaired) electrons. The van der Waals surface area contributed by atoms with E-state index in [1.807, 2.05) is 13.0 Å². The Hall–Kier alpha value is -1.42. The molecule has 1 aliphatic heterocycles. The van der Waals surface area contributed by atoms with Crippen molar-refractivity contribution < 1.29 is 8.42 Å². The Labute approximate surface area is 126 Å². The van der Waals surface area contributed by atoms with Gasteiger partial charge in [-0.2, -0.15) is 9.57 Å². The molecule has 0 spiro atoms. The first kappa shape index (κ1) is 16.0. The molecule has 0 saturated carbocycles. The summed E-state index contributed by atoms with van der Waals surface area (Å²) in [4.78, 5) is 0.261. The van der Waals surface area contributed by atoms with Gasteiger partial charge >= 0.3 is 0 Å². The Morgan fingerprint density at radius 1 is 1.29 bits per heavy atom. The van der Waals surface area contributed by atoms with Crippen molar-refractivity contribution in [2.75, 3.05) is 13.1 Å². The number of nitrogens with one attached hydrogen (secondary N) is 1. The molecule has 1 N–H and O–H groups in total. The zero-order valence-corrected chi connectivity index (χ0v) is 13.2. The van der Waals surface area contributed by atoms with E-state index in [2.05, 4.69) is 12.2 Å². The molecule has 5 nitrogen and oxygen atoms in total. The summed E-state index contributed by atoms with van der Waals surface area (Å²) in [6, 6.07) is 8.31. The molecule has 1 aliphatic rings. The molecule has 0 bridgehead atoms. The van der Waals surface area contributed by atoms with Gasteiger partial charge in [-0.15, -0.1) is 0 Å². The van der Waals surface area contributed by atoms with Gasteiger partial charge in [0.1, 0.15) is 0 Å². The Kier molecular flexibility index (Phi) is 4.99. The fourth-order valence-electron chi connectivity index (χ4n) is 2.59. The van der Waals surface area contributed by atoms with Crippen LogP contribution in [0.25, 0.3) is 0 Å². The summed E-state index contributed by atoms with van der Waals surface area (Å²) in [7, 11) is -3.51. The molecular formula is C15H21N3O2S. The quantitative estimate of drug-likeness (QED) is 0.919. The van der Waals surface area contributed by atoms with Gasteiger partial charge < -0.3 is 5.32 Å². The molecule has 1 aromatic carbocycles. The van der Waals surface area contributed by atoms with Crippen LogP contribution in [-0.2, 0) is 10.0 Å². The van der Waals surface area contributed by atoms with Crippen molar-refractivity contribution in [1.29, 1.82) is 5.26 Å². The molecule has 21 heavy (non-hydrogen) atoms. The van der Waals surface area contributed by atoms with E-state index in [0.717, 1.165) is 12.8 Å². The third-order valence-electron chi connectivity index (χ3n) is 4.00. The molecule has 2 rings (SSSR count). The first-order chi connectivity index (χ1) is 10.0. The lowest BCUT2D eigenvalue weighted by molar-refractivity contribution is 0.215. The zero-order valence-electron chi connectivity index (χ0n) is 12.4. The molecule has 1 fully saturated rings. The number of benzene rings is 1. The second-order valence-electron chi connectivity index (χ2n) is 5.29. The summed E-state index contributed by atoms with van der Waals surface area (Å²) < 4.78 is 27.3. The molecule has 6 heteroatoms. The van der Waals surface area contributed by atoms with E-state index in [0.29, 0.717) is 18.7 Å². The third kappa shape index (κ3) is 3.26. The van der Waals surface area contributed by atoms with Crippen molar-refractivity contribution in [3.63, 3.8) is 0 Å². The first-order valence-electron chi connectivity index (χ1n) is 7.28. The summed E-state index contributed by atoms with van der Waals surface area (Å²) in [6.45, 7) is 5.23. The molecule has 1 heterocycles. The number of piperazine rings is 1. The van der Waals surface area contributed by atoms with Crippen LogP contribution in [0.4, 0.5) is 0 Å². The topological polar surface area (TPSA) is 73.2 Å². The normalized spacial score (nSPS) is 23.7. The van der Waals surface area contributed by atoms with Crippen LogP contribution in [0.2, 0.25) is 0 Å². The highest BCUT2D eigenvalue weighted by molar-refractivity contribution is 7.89. The van der Waals surface area contributed by atoms with Gasteiger partial charge in [0.15, 0.2) is 0 Å². The molecule has 114 valence electrons. The largest absolute Gasteiger partial charge is 0.311 e. The van der Waals surface area contributed by atoms with Crippen LogP contribution >= 0.6 is 0 Å². The summed E-state index contributed by atoms with van der Waals surface area (Å²) in [6.07, 6.45) is 1.68. The highest BCUT2D eigenvalue weighted by Gasteiger charge is 2.35. The molecule has 1 aromatic rings. The van der Waals surface area contributed by atoms with Crippen LogP contribution in [0.5, 0.6) is 0 Å². The van der Waals surface area contributed by atoms with Crippen molar-refractivity contribution in [3.8, 4) is 6.07 Å². The second-order valence-corrected chi connectivity index (χ2v) is 7.18. The van der Waals surface area contributed by atoms with Crippen molar-refractivity contribution in [3.05, 3.63) is 29.8 Å². The zero-order chi connectivity index (χ0) is 15.5. The minimum Gasteiger partial charge on any atom is -0.311 e. The Bertz CT molecular complexity index is 619. The van der Waals surface area contributed by atoms with Crippen LogP contribution in [0, 0.1) is 11.3 Å². The smallest absolute Gasteiger partial charge is 0.243 e. The molecule has 1 saturated heterocycles. The van der Waals surface area contributed by atoms with Crippen LogP contribution in [0.1, 0.15) is 32.3 Å². The second kappa shape index (κ2) is 6.56. The number of rotatable bonds is 4. The van der Waals surface area contributed by atoms with Gasteiger partial charge in [-0.05, 0) is 37.1 Å². The Balaban J connectivity index is 2.32. The van der Waals surface area contributed by atoms with E-state index in [4.69, 9.17) is 5.26 Å². The van der Waals surface area contributed by atoms with Crippen LogP contribution in [0.3, 0.4) is 0 Å². The van der Waals surface area contributed by atoms with Crippen LogP contribution in [-0.4, -0.2) is 37.9 Å². The lowest BCUT2D eigenvalue weighted by Gasteiger charge is -2.38. The van der Waals surface area contributed by atoms with E-state index < -0.39 is 10.0 Å². The highest BCUT2D eigenvalue weighted by Crippen LogP contribution is 2.23. The van der Waals surface area contributed by atoms with E-state index in [9.17, 15) is 8.42 Å². The fourth-order valence-corrected chi connectivity index (χ4v) is 4.33. The van der Waals surface area contributed by atoms with Gasteiger partial charge in [0.2, 0.25) is 10.0 Å². The summed E-state index contributed by atoms with van der Waals surface area (Å²) in [5.74, 6) is 0. The SMILES string of the molecule is CCC1CN(S(=O)(=O)c2ccc(C#N)cc2)C(CC)CN1. The van der Waals surface area contributed by atoms with Gasteiger partial charge in [-0.1, -0.05) is 13.8 Å². The maximum Gasteiger partial charge on any atom is 0.243 e. The predicted molar refractivity (Wildman–Crippen MR) is 81.2 cm³/mol. The van der Waals surface area contributed by atoms with Gasteiger partial charge in [0.25, 0.3) is 0 Å². The van der Waals surface area contributed by atoms with Gasteiger partial charge in [-0.3, -0.25) is 0 Å². The standard InChI is InChI=1S/C15H21N3O2S/c1-3-13-11-18(14(4-2)10-17-13)21(19,20)15-7-5-12(9-16)6-8-15/h5-8,13-14,17H,3-4,10-11H2,1-2H3. The first-order valence-corrected chi connectivity index (χ1v) is 8.72.